The molecule has 0 N–H and O–H groups in total. The normalized spacial score (nSPS) is 31.9. The zero-order valence-corrected chi connectivity index (χ0v) is 7.77. The van der Waals surface area contributed by atoms with E-state index in [4.69, 9.17) is 2.74 Å². The Labute approximate surface area is 82.5 Å². The summed E-state index contributed by atoms with van der Waals surface area (Å²) in [7, 11) is 1.89. The fraction of sp³-hybridized carbons (Fsp3) is 0.333. The summed E-state index contributed by atoms with van der Waals surface area (Å²) in [5.74, 6) is 0. The largest absolute Gasteiger partial charge is 0.302 e. The Kier molecular flexibility index (Phi) is 1.84. The number of nitrogens with zero attached hydrogens (tertiary/aromatic N) is 1. The zero-order chi connectivity index (χ0) is 10.8. The van der Waals surface area contributed by atoms with E-state index in [1.165, 1.54) is 0 Å². The van der Waals surface area contributed by atoms with E-state index in [1.807, 2.05) is 42.3 Å². The molecule has 1 aliphatic heterocycles. The lowest BCUT2D eigenvalue weighted by molar-refractivity contribution is 0.370. The maximum atomic E-state index is 8.01. The molecule has 0 bridgehead atoms. The van der Waals surface area contributed by atoms with Crippen LogP contribution in [0.25, 0.3) is 5.57 Å². The van der Waals surface area contributed by atoms with Crippen LogP contribution in [0.5, 0.6) is 0 Å². The minimum Gasteiger partial charge on any atom is -0.302 e. The van der Waals surface area contributed by atoms with Crippen LogP contribution in [0.1, 0.15) is 14.7 Å². The highest BCUT2D eigenvalue weighted by Gasteiger charge is 2.08. The number of hydrogen-bond donors (Lipinski definition) is 0. The molecule has 0 fully saturated rings. The minimum absolute atomic E-state index is 0.454. The SMILES string of the molecule is [2H]C1C(c2ccccc2)=CCN(C)C1[2H]. The predicted octanol–water partition coefficient (Wildman–Crippen LogP) is 2.41. The topological polar surface area (TPSA) is 3.24 Å². The highest BCUT2D eigenvalue weighted by Crippen LogP contribution is 2.20. The molecule has 0 saturated carbocycles. The van der Waals surface area contributed by atoms with Crippen LogP contribution in [0.2, 0.25) is 0 Å². The van der Waals surface area contributed by atoms with E-state index >= 15 is 0 Å². The zero-order valence-electron chi connectivity index (χ0n) is 9.77. The first-order valence-electron chi connectivity index (χ1n) is 5.66. The van der Waals surface area contributed by atoms with Gasteiger partial charge in [-0.25, -0.2) is 0 Å². The molecular weight excluding hydrogens is 158 g/mol. The monoisotopic (exact) mass is 175 g/mol. The number of likely N-dealkylation sites (N-methyl/N-ethyl adjacent to an activating group) is 1. The van der Waals surface area contributed by atoms with Crippen molar-refractivity contribution < 1.29 is 2.74 Å². The van der Waals surface area contributed by atoms with Gasteiger partial charge in [0.2, 0.25) is 0 Å². The summed E-state index contributed by atoms with van der Waals surface area (Å²) in [5, 5.41) is 0. The molecule has 1 heterocycles. The molecule has 0 saturated heterocycles. The molecule has 0 amide bonds. The quantitative estimate of drug-likeness (QED) is 0.633. The third kappa shape index (κ3) is 1.99. The average molecular weight is 175 g/mol. The standard InChI is InChI=1S/C12H15N/c1-13-9-7-12(8-10-13)11-5-3-2-4-6-11/h2-7H,8-10H2,1H3/i8D,10D. The second kappa shape index (κ2) is 3.75. The van der Waals surface area contributed by atoms with Crippen LogP contribution >= 0.6 is 0 Å². The van der Waals surface area contributed by atoms with Gasteiger partial charge in [-0.15, -0.1) is 0 Å². The molecule has 2 rings (SSSR count). The summed E-state index contributed by atoms with van der Waals surface area (Å²) in [6.45, 7) is 0.304. The summed E-state index contributed by atoms with van der Waals surface area (Å²) in [6.07, 6.45) is 1.59. The van der Waals surface area contributed by atoms with Crippen molar-refractivity contribution in [1.82, 2.24) is 4.90 Å². The summed E-state index contributed by atoms with van der Waals surface area (Å²) in [5.41, 5.74) is 2.05. The van der Waals surface area contributed by atoms with E-state index in [9.17, 15) is 0 Å². The molecular formula is C12H15N. The minimum atomic E-state index is -0.467. The molecule has 2 atom stereocenters. The van der Waals surface area contributed by atoms with Crippen LogP contribution in [0.3, 0.4) is 0 Å². The van der Waals surface area contributed by atoms with Gasteiger partial charge in [0.15, 0.2) is 0 Å². The first kappa shape index (κ1) is 6.39. The van der Waals surface area contributed by atoms with Crippen LogP contribution < -0.4 is 0 Å². The van der Waals surface area contributed by atoms with Gasteiger partial charge in [-0.2, -0.15) is 0 Å². The fourth-order valence-corrected chi connectivity index (χ4v) is 1.42. The van der Waals surface area contributed by atoms with Gasteiger partial charge in [0, 0.05) is 15.8 Å². The molecule has 13 heavy (non-hydrogen) atoms. The lowest BCUT2D eigenvalue weighted by Crippen LogP contribution is -2.23. The average Bonchev–Trinajstić information content (AvgIpc) is 2.27. The lowest BCUT2D eigenvalue weighted by atomic mass is 10.00. The molecule has 0 spiro atoms. The molecule has 68 valence electrons. The van der Waals surface area contributed by atoms with E-state index in [2.05, 4.69) is 6.08 Å². The van der Waals surface area contributed by atoms with Gasteiger partial charge < -0.3 is 4.90 Å². The molecule has 1 nitrogen and oxygen atoms in total. The van der Waals surface area contributed by atoms with E-state index < -0.39 is 12.9 Å². The first-order valence-corrected chi connectivity index (χ1v) is 4.50. The molecule has 1 aromatic carbocycles. The Bertz CT molecular complexity index is 361. The second-order valence-corrected chi connectivity index (χ2v) is 3.28. The number of benzene rings is 1. The van der Waals surface area contributed by atoms with E-state index in [1.54, 1.807) is 0 Å². The second-order valence-electron chi connectivity index (χ2n) is 3.28. The van der Waals surface area contributed by atoms with Gasteiger partial charge >= 0.3 is 0 Å². The summed E-state index contributed by atoms with van der Waals surface area (Å²) in [4.78, 5) is 1.88. The van der Waals surface area contributed by atoms with Crippen molar-refractivity contribution in [1.29, 1.82) is 0 Å². The third-order valence-corrected chi connectivity index (χ3v) is 2.21. The van der Waals surface area contributed by atoms with Crippen LogP contribution in [-0.2, 0) is 0 Å². The van der Waals surface area contributed by atoms with Gasteiger partial charge in [0.25, 0.3) is 0 Å². The van der Waals surface area contributed by atoms with Crippen molar-refractivity contribution in [2.24, 2.45) is 0 Å². The Morgan fingerprint density at radius 2 is 2.08 bits per heavy atom. The molecule has 2 unspecified atom stereocenters. The van der Waals surface area contributed by atoms with Gasteiger partial charge in [-0.05, 0) is 24.6 Å². The number of rotatable bonds is 1. The van der Waals surface area contributed by atoms with Crippen LogP contribution in [0.4, 0.5) is 0 Å². The summed E-state index contributed by atoms with van der Waals surface area (Å²) < 4.78 is 15.9. The fourth-order valence-electron chi connectivity index (χ4n) is 1.42. The molecule has 0 radical (unpaired) electrons. The van der Waals surface area contributed by atoms with Crippen LogP contribution in [0.15, 0.2) is 36.4 Å². The van der Waals surface area contributed by atoms with Gasteiger partial charge in [-0.1, -0.05) is 36.4 Å². The van der Waals surface area contributed by atoms with Crippen molar-refractivity contribution in [2.45, 2.75) is 6.40 Å². The van der Waals surface area contributed by atoms with Crippen molar-refractivity contribution in [3.05, 3.63) is 42.0 Å². The Balaban J connectivity index is 2.31. The molecule has 1 heteroatoms. The maximum Gasteiger partial charge on any atom is 0.0434 e. The smallest absolute Gasteiger partial charge is 0.0434 e. The van der Waals surface area contributed by atoms with Crippen molar-refractivity contribution in [3.8, 4) is 0 Å². The van der Waals surface area contributed by atoms with Gasteiger partial charge in [0.1, 0.15) is 0 Å². The van der Waals surface area contributed by atoms with Gasteiger partial charge in [0.05, 0.1) is 0 Å². The number of hydrogen-bond acceptors (Lipinski definition) is 1. The molecule has 1 aliphatic rings. The molecule has 0 aromatic heterocycles. The van der Waals surface area contributed by atoms with E-state index in [0.29, 0.717) is 0 Å². The lowest BCUT2D eigenvalue weighted by Gasteiger charge is -2.21. The summed E-state index contributed by atoms with van der Waals surface area (Å²) in [6, 6.07) is 9.92. The first-order chi connectivity index (χ1) is 7.20. The third-order valence-electron chi connectivity index (χ3n) is 2.21. The van der Waals surface area contributed by atoms with Gasteiger partial charge in [-0.3, -0.25) is 0 Å². The van der Waals surface area contributed by atoms with Crippen LogP contribution in [-0.4, -0.2) is 25.0 Å². The van der Waals surface area contributed by atoms with Crippen molar-refractivity contribution in [3.63, 3.8) is 0 Å². The Hall–Kier alpha value is -1.08. The van der Waals surface area contributed by atoms with Crippen molar-refractivity contribution in [2.75, 3.05) is 20.1 Å². The van der Waals surface area contributed by atoms with E-state index in [-0.39, 0.29) is 0 Å². The predicted molar refractivity (Wildman–Crippen MR) is 56.5 cm³/mol. The highest BCUT2D eigenvalue weighted by molar-refractivity contribution is 5.66. The van der Waals surface area contributed by atoms with Crippen LogP contribution in [0, 0.1) is 0 Å². The van der Waals surface area contributed by atoms with E-state index in [0.717, 1.165) is 17.7 Å². The summed E-state index contributed by atoms with van der Waals surface area (Å²) >= 11 is 0. The molecule has 1 aromatic rings. The molecule has 0 aliphatic carbocycles. The Morgan fingerprint density at radius 1 is 1.31 bits per heavy atom. The Morgan fingerprint density at radius 3 is 2.85 bits per heavy atom. The van der Waals surface area contributed by atoms with Crippen molar-refractivity contribution >= 4 is 5.57 Å². The maximum absolute atomic E-state index is 8.01. The highest BCUT2D eigenvalue weighted by atomic mass is 15.1.